The Kier molecular flexibility index (Phi) is 6.00. The zero-order valence-electron chi connectivity index (χ0n) is 14.0. The normalized spacial score (nSPS) is 15.7. The Morgan fingerprint density at radius 3 is 2.77 bits per heavy atom. The number of rotatable bonds is 6. The van der Waals surface area contributed by atoms with Gasteiger partial charge in [0, 0.05) is 25.0 Å². The van der Waals surface area contributed by atoms with E-state index in [4.69, 9.17) is 4.74 Å². The number of carbonyl (C=O) groups is 1. The highest BCUT2D eigenvalue weighted by molar-refractivity contribution is 7.90. The molecule has 1 aromatic heterocycles. The molecule has 26 heavy (non-hydrogen) atoms. The molecule has 0 bridgehead atoms. The van der Waals surface area contributed by atoms with Crippen LogP contribution in [-0.4, -0.2) is 38.3 Å². The SMILES string of the molecule is O=C(NS(=O)(=O)CC1CCOCC1)c1csc(Cc2ccccc2F)n1. The highest BCUT2D eigenvalue weighted by Crippen LogP contribution is 2.18. The topological polar surface area (TPSA) is 85.4 Å². The molecule has 1 fully saturated rings. The molecule has 2 aromatic rings. The van der Waals surface area contributed by atoms with E-state index in [9.17, 15) is 17.6 Å². The number of nitrogens with one attached hydrogen (secondary N) is 1. The van der Waals surface area contributed by atoms with Crippen molar-refractivity contribution in [3.63, 3.8) is 0 Å². The lowest BCUT2D eigenvalue weighted by Crippen LogP contribution is -2.36. The molecule has 140 valence electrons. The zero-order chi connectivity index (χ0) is 18.6. The van der Waals surface area contributed by atoms with Crippen LogP contribution in [0.5, 0.6) is 0 Å². The van der Waals surface area contributed by atoms with E-state index in [1.165, 1.54) is 22.8 Å². The van der Waals surface area contributed by atoms with Gasteiger partial charge in [0.25, 0.3) is 5.91 Å². The van der Waals surface area contributed by atoms with Crippen LogP contribution in [0.1, 0.15) is 33.9 Å². The molecule has 1 saturated heterocycles. The van der Waals surface area contributed by atoms with Crippen molar-refractivity contribution in [2.75, 3.05) is 19.0 Å². The number of carbonyl (C=O) groups excluding carboxylic acids is 1. The van der Waals surface area contributed by atoms with Crippen molar-refractivity contribution in [2.24, 2.45) is 5.92 Å². The molecule has 9 heteroatoms. The van der Waals surface area contributed by atoms with Gasteiger partial charge in [-0.3, -0.25) is 4.79 Å². The summed E-state index contributed by atoms with van der Waals surface area (Å²) in [7, 11) is -3.74. The Morgan fingerprint density at radius 2 is 2.04 bits per heavy atom. The lowest BCUT2D eigenvalue weighted by molar-refractivity contribution is 0.0722. The molecule has 1 aliphatic rings. The van der Waals surface area contributed by atoms with Gasteiger partial charge >= 0.3 is 0 Å². The zero-order valence-corrected chi connectivity index (χ0v) is 15.6. The van der Waals surface area contributed by atoms with Crippen LogP contribution in [-0.2, 0) is 21.2 Å². The molecular formula is C17H19FN2O4S2. The average molecular weight is 398 g/mol. The summed E-state index contributed by atoms with van der Waals surface area (Å²) < 4.78 is 45.3. The first-order chi connectivity index (χ1) is 12.4. The number of hydrogen-bond donors (Lipinski definition) is 1. The van der Waals surface area contributed by atoms with Gasteiger partial charge in [-0.25, -0.2) is 22.5 Å². The van der Waals surface area contributed by atoms with Crippen LogP contribution in [0.4, 0.5) is 4.39 Å². The maximum atomic E-state index is 13.7. The van der Waals surface area contributed by atoms with Crippen LogP contribution in [0.25, 0.3) is 0 Å². The van der Waals surface area contributed by atoms with E-state index >= 15 is 0 Å². The predicted octanol–water partition coefficient (Wildman–Crippen LogP) is 2.36. The molecule has 0 radical (unpaired) electrons. The summed E-state index contributed by atoms with van der Waals surface area (Å²) in [5, 5.41) is 2.03. The van der Waals surface area contributed by atoms with Crippen LogP contribution < -0.4 is 4.72 Å². The third-order valence-corrected chi connectivity index (χ3v) is 6.38. The molecule has 6 nitrogen and oxygen atoms in total. The first-order valence-electron chi connectivity index (χ1n) is 8.23. The van der Waals surface area contributed by atoms with Gasteiger partial charge in [-0.15, -0.1) is 11.3 Å². The molecule has 1 aromatic carbocycles. The molecular weight excluding hydrogens is 379 g/mol. The van der Waals surface area contributed by atoms with E-state index in [-0.39, 0.29) is 29.6 Å². The highest BCUT2D eigenvalue weighted by atomic mass is 32.2. The minimum atomic E-state index is -3.74. The van der Waals surface area contributed by atoms with Gasteiger partial charge in [0.2, 0.25) is 10.0 Å². The van der Waals surface area contributed by atoms with Crippen molar-refractivity contribution in [3.05, 3.63) is 51.7 Å². The van der Waals surface area contributed by atoms with Crippen molar-refractivity contribution < 1.29 is 22.3 Å². The number of aromatic nitrogens is 1. The number of sulfonamides is 1. The Labute approximate surface area is 155 Å². The number of amides is 1. The van der Waals surface area contributed by atoms with Gasteiger partial charge in [-0.1, -0.05) is 18.2 Å². The van der Waals surface area contributed by atoms with Crippen molar-refractivity contribution in [1.82, 2.24) is 9.71 Å². The summed E-state index contributed by atoms with van der Waals surface area (Å²) in [6, 6.07) is 6.33. The first-order valence-corrected chi connectivity index (χ1v) is 10.8. The summed E-state index contributed by atoms with van der Waals surface area (Å²) >= 11 is 1.19. The van der Waals surface area contributed by atoms with Crippen molar-refractivity contribution in [3.8, 4) is 0 Å². The summed E-state index contributed by atoms with van der Waals surface area (Å²) in [6.45, 7) is 1.08. The lowest BCUT2D eigenvalue weighted by atomic mass is 10.0. The molecule has 2 heterocycles. The summed E-state index contributed by atoms with van der Waals surface area (Å²) in [6.07, 6.45) is 1.58. The molecule has 0 saturated carbocycles. The van der Waals surface area contributed by atoms with Crippen molar-refractivity contribution in [1.29, 1.82) is 0 Å². The Hall–Kier alpha value is -1.84. The Bertz CT molecular complexity index is 876. The fourth-order valence-electron chi connectivity index (χ4n) is 2.76. The Balaban J connectivity index is 1.61. The number of nitrogens with zero attached hydrogens (tertiary/aromatic N) is 1. The van der Waals surface area contributed by atoms with Crippen molar-refractivity contribution >= 4 is 27.3 Å². The van der Waals surface area contributed by atoms with E-state index in [1.54, 1.807) is 18.2 Å². The van der Waals surface area contributed by atoms with Crippen LogP contribution in [0.3, 0.4) is 0 Å². The van der Waals surface area contributed by atoms with E-state index in [0.717, 1.165) is 0 Å². The standard InChI is InChI=1S/C17H19FN2O4S2/c18-14-4-2-1-3-13(14)9-16-19-15(10-25-16)17(21)20-26(22,23)11-12-5-7-24-8-6-12/h1-4,10,12H,5-9,11H2,(H,20,21). The smallest absolute Gasteiger partial charge is 0.284 e. The monoisotopic (exact) mass is 398 g/mol. The molecule has 1 N–H and O–H groups in total. The second kappa shape index (κ2) is 8.24. The van der Waals surface area contributed by atoms with Gasteiger partial charge < -0.3 is 4.74 Å². The molecule has 3 rings (SSSR count). The Morgan fingerprint density at radius 1 is 1.31 bits per heavy atom. The summed E-state index contributed by atoms with van der Waals surface area (Å²) in [5.41, 5.74) is 0.498. The average Bonchev–Trinajstić information content (AvgIpc) is 3.06. The maximum absolute atomic E-state index is 13.7. The summed E-state index contributed by atoms with van der Waals surface area (Å²) in [4.78, 5) is 16.3. The number of hydrogen-bond acceptors (Lipinski definition) is 6. The summed E-state index contributed by atoms with van der Waals surface area (Å²) in [5.74, 6) is -1.21. The van der Waals surface area contributed by atoms with Crippen LogP contribution in [0.15, 0.2) is 29.6 Å². The third-order valence-electron chi connectivity index (χ3n) is 4.13. The maximum Gasteiger partial charge on any atom is 0.284 e. The number of ether oxygens (including phenoxy) is 1. The molecule has 1 aliphatic heterocycles. The number of thiazole rings is 1. The number of halogens is 1. The fourth-order valence-corrected chi connectivity index (χ4v) is 4.98. The van der Waals surface area contributed by atoms with Gasteiger partial charge in [-0.2, -0.15) is 0 Å². The molecule has 0 spiro atoms. The van der Waals surface area contributed by atoms with Gasteiger partial charge in [0.05, 0.1) is 10.8 Å². The number of benzene rings is 1. The van der Waals surface area contributed by atoms with Gasteiger partial charge in [0.15, 0.2) is 0 Å². The van der Waals surface area contributed by atoms with Gasteiger partial charge in [-0.05, 0) is 30.4 Å². The third kappa shape index (κ3) is 5.09. The fraction of sp³-hybridized carbons (Fsp3) is 0.412. The predicted molar refractivity (Wildman–Crippen MR) is 96.1 cm³/mol. The largest absolute Gasteiger partial charge is 0.381 e. The molecule has 0 aliphatic carbocycles. The molecule has 0 unspecified atom stereocenters. The second-order valence-electron chi connectivity index (χ2n) is 6.16. The minimum absolute atomic E-state index is 0.0129. The van der Waals surface area contributed by atoms with Gasteiger partial charge in [0.1, 0.15) is 11.5 Å². The highest BCUT2D eigenvalue weighted by Gasteiger charge is 2.24. The minimum Gasteiger partial charge on any atom is -0.381 e. The second-order valence-corrected chi connectivity index (χ2v) is 8.87. The van der Waals surface area contributed by atoms with E-state index in [1.807, 2.05) is 0 Å². The van der Waals surface area contributed by atoms with Crippen LogP contribution >= 0.6 is 11.3 Å². The van der Waals surface area contributed by atoms with Crippen molar-refractivity contribution in [2.45, 2.75) is 19.3 Å². The molecule has 0 atom stereocenters. The molecule has 1 amide bonds. The van der Waals surface area contributed by atoms with Crippen LogP contribution in [0.2, 0.25) is 0 Å². The van der Waals surface area contributed by atoms with E-state index in [2.05, 4.69) is 9.71 Å². The van der Waals surface area contributed by atoms with E-state index < -0.39 is 15.9 Å². The lowest BCUT2D eigenvalue weighted by Gasteiger charge is -2.21. The van der Waals surface area contributed by atoms with Crippen LogP contribution in [0, 0.1) is 11.7 Å². The quantitative estimate of drug-likeness (QED) is 0.807. The van der Waals surface area contributed by atoms with E-state index in [0.29, 0.717) is 36.6 Å². The first kappa shape index (κ1) is 18.9.